The normalized spacial score (nSPS) is 15.3. The number of likely N-dealkylation sites (N-methyl/N-ethyl adjacent to an activating group) is 1. The maximum atomic E-state index is 11.8. The van der Waals surface area contributed by atoms with Gasteiger partial charge in [-0.25, -0.2) is 8.42 Å². The summed E-state index contributed by atoms with van der Waals surface area (Å²) in [6.07, 6.45) is 2.12. The molecular weight excluding hydrogens is 298 g/mol. The lowest BCUT2D eigenvalue weighted by molar-refractivity contribution is 0.144. The van der Waals surface area contributed by atoms with Gasteiger partial charge in [0.1, 0.15) is 0 Å². The van der Waals surface area contributed by atoms with Gasteiger partial charge < -0.3 is 4.90 Å². The highest BCUT2D eigenvalue weighted by Gasteiger charge is 2.32. The molecule has 0 N–H and O–H groups in total. The SMILES string of the molecule is CC(CN(CCN(C)C)C(C)C)CC(C)(C)N(C)S(C)(=O)=O. The fraction of sp³-hybridized carbons (Fsp3) is 1.00. The number of sulfonamides is 1. The van der Waals surface area contributed by atoms with Gasteiger partial charge in [-0.2, -0.15) is 4.31 Å². The maximum absolute atomic E-state index is 11.8. The number of hydrogen-bond donors (Lipinski definition) is 0. The van der Waals surface area contributed by atoms with Crippen LogP contribution in [-0.4, -0.2) is 81.1 Å². The fourth-order valence-corrected chi connectivity index (χ4v) is 3.76. The van der Waals surface area contributed by atoms with Crippen molar-refractivity contribution in [1.29, 1.82) is 0 Å². The van der Waals surface area contributed by atoms with Gasteiger partial charge in [-0.05, 0) is 54.1 Å². The summed E-state index contributed by atoms with van der Waals surface area (Å²) in [5, 5.41) is 0. The van der Waals surface area contributed by atoms with Crippen LogP contribution in [0.2, 0.25) is 0 Å². The lowest BCUT2D eigenvalue weighted by Crippen LogP contribution is -2.47. The van der Waals surface area contributed by atoms with Crippen molar-refractivity contribution in [3.05, 3.63) is 0 Å². The largest absolute Gasteiger partial charge is 0.308 e. The van der Waals surface area contributed by atoms with E-state index in [1.54, 1.807) is 7.05 Å². The van der Waals surface area contributed by atoms with Gasteiger partial charge in [0, 0.05) is 38.3 Å². The Morgan fingerprint density at radius 2 is 1.50 bits per heavy atom. The summed E-state index contributed by atoms with van der Waals surface area (Å²) < 4.78 is 25.1. The van der Waals surface area contributed by atoms with E-state index >= 15 is 0 Å². The Kier molecular flexibility index (Phi) is 8.55. The Balaban J connectivity index is 4.72. The van der Waals surface area contributed by atoms with Gasteiger partial charge in [-0.15, -0.1) is 0 Å². The van der Waals surface area contributed by atoms with Crippen LogP contribution in [-0.2, 0) is 10.0 Å². The molecule has 134 valence electrons. The first-order valence-corrected chi connectivity index (χ1v) is 9.95. The topological polar surface area (TPSA) is 43.9 Å². The summed E-state index contributed by atoms with van der Waals surface area (Å²) in [5.74, 6) is 0.434. The molecule has 0 rings (SSSR count). The molecule has 0 radical (unpaired) electrons. The van der Waals surface area contributed by atoms with Gasteiger partial charge in [0.2, 0.25) is 10.0 Å². The Labute approximate surface area is 138 Å². The molecule has 0 aliphatic rings. The Bertz CT molecular complexity index is 419. The van der Waals surface area contributed by atoms with Crippen LogP contribution in [0.3, 0.4) is 0 Å². The number of nitrogens with zero attached hydrogens (tertiary/aromatic N) is 3. The van der Waals surface area contributed by atoms with Crippen molar-refractivity contribution in [2.75, 3.05) is 47.0 Å². The average molecular weight is 336 g/mol. The quantitative estimate of drug-likeness (QED) is 0.612. The Morgan fingerprint density at radius 1 is 1.00 bits per heavy atom. The summed E-state index contributed by atoms with van der Waals surface area (Å²) in [4.78, 5) is 4.67. The van der Waals surface area contributed by atoms with Gasteiger partial charge in [-0.1, -0.05) is 6.92 Å². The maximum Gasteiger partial charge on any atom is 0.211 e. The van der Waals surface area contributed by atoms with Crippen LogP contribution in [0.4, 0.5) is 0 Å². The lowest BCUT2D eigenvalue weighted by atomic mass is 9.91. The summed E-state index contributed by atoms with van der Waals surface area (Å²) in [6, 6.07) is 0.498. The van der Waals surface area contributed by atoms with Crippen molar-refractivity contribution < 1.29 is 8.42 Å². The molecule has 22 heavy (non-hydrogen) atoms. The fourth-order valence-electron chi connectivity index (χ4n) is 2.78. The minimum absolute atomic E-state index is 0.364. The molecule has 0 fully saturated rings. The third-order valence-corrected chi connectivity index (χ3v) is 5.80. The molecule has 0 heterocycles. The molecular formula is C16H37N3O2S. The van der Waals surface area contributed by atoms with Gasteiger partial charge in [0.25, 0.3) is 0 Å². The van der Waals surface area contributed by atoms with Crippen molar-refractivity contribution in [1.82, 2.24) is 14.1 Å². The van der Waals surface area contributed by atoms with Crippen molar-refractivity contribution in [2.24, 2.45) is 5.92 Å². The molecule has 0 aliphatic carbocycles. The monoisotopic (exact) mass is 335 g/mol. The van der Waals surface area contributed by atoms with Crippen molar-refractivity contribution in [3.8, 4) is 0 Å². The summed E-state index contributed by atoms with van der Waals surface area (Å²) in [7, 11) is 2.69. The molecule has 0 aliphatic heterocycles. The highest BCUT2D eigenvalue weighted by molar-refractivity contribution is 7.88. The van der Waals surface area contributed by atoms with E-state index in [0.717, 1.165) is 26.1 Å². The minimum Gasteiger partial charge on any atom is -0.308 e. The van der Waals surface area contributed by atoms with E-state index in [2.05, 4.69) is 44.7 Å². The first-order chi connectivity index (χ1) is 9.77. The second-order valence-electron chi connectivity index (χ2n) is 7.74. The summed E-state index contributed by atoms with van der Waals surface area (Å²) in [6.45, 7) is 13.7. The van der Waals surface area contributed by atoms with E-state index in [0.29, 0.717) is 12.0 Å². The smallest absolute Gasteiger partial charge is 0.211 e. The van der Waals surface area contributed by atoms with Gasteiger partial charge in [0.15, 0.2) is 0 Å². The Morgan fingerprint density at radius 3 is 1.86 bits per heavy atom. The first-order valence-electron chi connectivity index (χ1n) is 8.10. The van der Waals surface area contributed by atoms with Crippen molar-refractivity contribution >= 4 is 10.0 Å². The van der Waals surface area contributed by atoms with E-state index in [4.69, 9.17) is 0 Å². The summed E-state index contributed by atoms with van der Waals surface area (Å²) >= 11 is 0. The zero-order valence-corrected chi connectivity index (χ0v) is 16.9. The van der Waals surface area contributed by atoms with E-state index in [1.807, 2.05) is 13.8 Å². The Hall–Kier alpha value is -0.170. The molecule has 0 aromatic heterocycles. The molecule has 0 saturated carbocycles. The number of hydrogen-bond acceptors (Lipinski definition) is 4. The molecule has 0 aromatic rings. The molecule has 0 bridgehead atoms. The van der Waals surface area contributed by atoms with Crippen LogP contribution < -0.4 is 0 Å². The van der Waals surface area contributed by atoms with Gasteiger partial charge in [-0.3, -0.25) is 4.90 Å². The molecule has 0 saturated heterocycles. The molecule has 0 spiro atoms. The van der Waals surface area contributed by atoms with E-state index < -0.39 is 10.0 Å². The molecule has 5 nitrogen and oxygen atoms in total. The standard InChI is InChI=1S/C16H37N3O2S/c1-14(2)19(11-10-17(6)7)13-15(3)12-16(4,5)18(8)22(9,20)21/h14-15H,10-13H2,1-9H3. The van der Waals surface area contributed by atoms with Gasteiger partial charge in [0.05, 0.1) is 6.26 Å². The van der Waals surface area contributed by atoms with E-state index in [-0.39, 0.29) is 5.54 Å². The van der Waals surface area contributed by atoms with Crippen LogP contribution in [0.25, 0.3) is 0 Å². The van der Waals surface area contributed by atoms with Crippen LogP contribution in [0.15, 0.2) is 0 Å². The first kappa shape index (κ1) is 21.8. The van der Waals surface area contributed by atoms with Crippen LogP contribution >= 0.6 is 0 Å². The second kappa shape index (κ2) is 8.62. The van der Waals surface area contributed by atoms with Gasteiger partial charge >= 0.3 is 0 Å². The summed E-state index contributed by atoms with van der Waals surface area (Å²) in [5.41, 5.74) is -0.364. The zero-order valence-electron chi connectivity index (χ0n) is 16.0. The molecule has 6 heteroatoms. The van der Waals surface area contributed by atoms with Crippen LogP contribution in [0.5, 0.6) is 0 Å². The number of rotatable bonds is 10. The minimum atomic E-state index is -3.16. The highest BCUT2D eigenvalue weighted by atomic mass is 32.2. The average Bonchev–Trinajstić information content (AvgIpc) is 2.30. The molecule has 0 amide bonds. The molecule has 1 unspecified atom stereocenters. The van der Waals surface area contributed by atoms with Crippen molar-refractivity contribution in [3.63, 3.8) is 0 Å². The van der Waals surface area contributed by atoms with E-state index in [1.165, 1.54) is 10.6 Å². The molecule has 1 atom stereocenters. The second-order valence-corrected chi connectivity index (χ2v) is 9.76. The third kappa shape index (κ3) is 7.90. The highest BCUT2D eigenvalue weighted by Crippen LogP contribution is 2.25. The van der Waals surface area contributed by atoms with E-state index in [9.17, 15) is 8.42 Å². The lowest BCUT2D eigenvalue weighted by Gasteiger charge is -2.38. The van der Waals surface area contributed by atoms with Crippen molar-refractivity contribution in [2.45, 2.75) is 52.6 Å². The molecule has 0 aromatic carbocycles. The van der Waals surface area contributed by atoms with Crippen LogP contribution in [0, 0.1) is 5.92 Å². The zero-order chi connectivity index (χ0) is 17.7. The third-order valence-electron chi connectivity index (χ3n) is 4.31. The predicted octanol–water partition coefficient (Wildman–Crippen LogP) is 1.95. The predicted molar refractivity (Wildman–Crippen MR) is 95.7 cm³/mol. The van der Waals surface area contributed by atoms with Crippen LogP contribution in [0.1, 0.15) is 41.0 Å².